The van der Waals surface area contributed by atoms with Crippen molar-refractivity contribution in [2.45, 2.75) is 43.0 Å². The smallest absolute Gasteiger partial charge is 0.257 e. The van der Waals surface area contributed by atoms with E-state index in [1.807, 2.05) is 23.9 Å². The fourth-order valence-corrected chi connectivity index (χ4v) is 6.19. The van der Waals surface area contributed by atoms with Crippen molar-refractivity contribution in [3.8, 4) is 0 Å². The number of benzene rings is 1. The molecule has 3 nitrogen and oxygen atoms in total. The molecule has 0 aromatic heterocycles. The highest BCUT2D eigenvalue weighted by Gasteiger charge is 2.57. The molecule has 4 rings (SSSR count). The Kier molecular flexibility index (Phi) is 3.62. The lowest BCUT2D eigenvalue weighted by atomic mass is 9.93. The van der Waals surface area contributed by atoms with Crippen LogP contribution < -0.4 is 4.90 Å². The number of anilines is 1. The predicted molar refractivity (Wildman–Crippen MR) is 95.4 cm³/mol. The summed E-state index contributed by atoms with van der Waals surface area (Å²) in [5.41, 5.74) is 0.824. The van der Waals surface area contributed by atoms with Gasteiger partial charge >= 0.3 is 0 Å². The molecule has 0 radical (unpaired) electrons. The van der Waals surface area contributed by atoms with E-state index in [0.717, 1.165) is 24.3 Å². The lowest BCUT2D eigenvalue weighted by molar-refractivity contribution is -0.119. The summed E-state index contributed by atoms with van der Waals surface area (Å²) in [4.78, 5) is 16.9. The number of hydrogen-bond acceptors (Lipinski definition) is 3. The Morgan fingerprint density at radius 1 is 1.18 bits per heavy atom. The zero-order valence-corrected chi connectivity index (χ0v) is 14.5. The molecule has 2 heterocycles. The Morgan fingerprint density at radius 2 is 1.86 bits per heavy atom. The van der Waals surface area contributed by atoms with Crippen LogP contribution in [0.1, 0.15) is 32.1 Å². The zero-order valence-electron chi connectivity index (χ0n) is 12.1. The van der Waals surface area contributed by atoms with Crippen molar-refractivity contribution in [1.29, 1.82) is 0 Å². The Balaban J connectivity index is 1.69. The van der Waals surface area contributed by atoms with Crippen LogP contribution in [0.2, 0.25) is 5.02 Å². The van der Waals surface area contributed by atoms with Crippen LogP contribution in [0.15, 0.2) is 24.3 Å². The standard InChI is InChI=1S/C16H17ClN2OS2/c17-11-4-6-12(7-5-11)18-14(20)13-10-22-16(19(13)15(18)21)8-2-1-3-9-16/h4-7,13H,1-3,8-10H2/t13-/m0/s1. The van der Waals surface area contributed by atoms with E-state index < -0.39 is 0 Å². The number of carbonyl (C=O) groups is 1. The number of nitrogens with zero attached hydrogens (tertiary/aromatic N) is 2. The maximum Gasteiger partial charge on any atom is 0.257 e. The van der Waals surface area contributed by atoms with E-state index in [1.165, 1.54) is 19.3 Å². The SMILES string of the molecule is O=C1[C@@H]2CSC3(CCCCC3)N2C(=S)N1c1ccc(Cl)cc1. The van der Waals surface area contributed by atoms with E-state index in [4.69, 9.17) is 23.8 Å². The molecule has 6 heteroatoms. The van der Waals surface area contributed by atoms with Gasteiger partial charge in [0.25, 0.3) is 5.91 Å². The minimum absolute atomic E-state index is 0.0524. The van der Waals surface area contributed by atoms with Crippen LogP contribution in [0.5, 0.6) is 0 Å². The molecule has 116 valence electrons. The number of hydrogen-bond donors (Lipinski definition) is 0. The van der Waals surface area contributed by atoms with Crippen molar-refractivity contribution in [2.24, 2.45) is 0 Å². The van der Waals surface area contributed by atoms with E-state index in [0.29, 0.717) is 10.1 Å². The molecule has 2 saturated heterocycles. The quantitative estimate of drug-likeness (QED) is 0.711. The minimum atomic E-state index is -0.0914. The molecule has 0 bridgehead atoms. The molecule has 1 spiro atoms. The molecular formula is C16H17ClN2OS2. The third kappa shape index (κ3) is 2.09. The first-order chi connectivity index (χ1) is 10.6. The molecule has 3 aliphatic rings. The third-order valence-corrected chi connectivity index (χ3v) is 7.14. The van der Waals surface area contributed by atoms with Crippen molar-refractivity contribution in [3.05, 3.63) is 29.3 Å². The van der Waals surface area contributed by atoms with Crippen LogP contribution in [0, 0.1) is 0 Å². The summed E-state index contributed by atoms with van der Waals surface area (Å²) in [5.74, 6) is 0.963. The number of halogens is 1. The van der Waals surface area contributed by atoms with E-state index in [9.17, 15) is 4.79 Å². The van der Waals surface area contributed by atoms with Crippen LogP contribution in [0.4, 0.5) is 5.69 Å². The lowest BCUT2D eigenvalue weighted by Gasteiger charge is -2.41. The van der Waals surface area contributed by atoms with Gasteiger partial charge < -0.3 is 4.90 Å². The highest BCUT2D eigenvalue weighted by molar-refractivity contribution is 8.01. The van der Waals surface area contributed by atoms with E-state index in [-0.39, 0.29) is 16.8 Å². The largest absolute Gasteiger partial charge is 0.321 e. The summed E-state index contributed by atoms with van der Waals surface area (Å²) >= 11 is 13.6. The number of thioether (sulfide) groups is 1. The molecule has 3 fully saturated rings. The highest BCUT2D eigenvalue weighted by atomic mass is 35.5. The first-order valence-electron chi connectivity index (χ1n) is 7.69. The lowest BCUT2D eigenvalue weighted by Crippen LogP contribution is -2.48. The van der Waals surface area contributed by atoms with E-state index >= 15 is 0 Å². The molecule has 2 aliphatic heterocycles. The highest BCUT2D eigenvalue weighted by Crippen LogP contribution is 2.52. The molecule has 1 atom stereocenters. The molecule has 0 unspecified atom stereocenters. The van der Waals surface area contributed by atoms with Gasteiger partial charge in [-0.05, 0) is 49.3 Å². The Bertz CT molecular complexity index is 628. The second-order valence-electron chi connectivity index (χ2n) is 6.14. The predicted octanol–water partition coefficient (Wildman–Crippen LogP) is 4.05. The van der Waals surface area contributed by atoms with Crippen molar-refractivity contribution in [1.82, 2.24) is 4.90 Å². The molecule has 1 aromatic rings. The van der Waals surface area contributed by atoms with Crippen LogP contribution in [-0.2, 0) is 4.79 Å². The normalized spacial score (nSPS) is 26.9. The summed E-state index contributed by atoms with van der Waals surface area (Å²) in [6.07, 6.45) is 6.02. The van der Waals surface area contributed by atoms with Gasteiger partial charge in [0.1, 0.15) is 6.04 Å². The fraction of sp³-hybridized carbons (Fsp3) is 0.500. The first-order valence-corrected chi connectivity index (χ1v) is 9.46. The number of carbonyl (C=O) groups excluding carboxylic acids is 1. The van der Waals surface area contributed by atoms with Crippen LogP contribution in [0.25, 0.3) is 0 Å². The van der Waals surface area contributed by atoms with Gasteiger partial charge in [0.05, 0.1) is 10.6 Å². The van der Waals surface area contributed by atoms with Gasteiger partial charge in [0, 0.05) is 10.8 Å². The molecule has 1 saturated carbocycles. The topological polar surface area (TPSA) is 23.6 Å². The van der Waals surface area contributed by atoms with Crippen molar-refractivity contribution >= 4 is 52.3 Å². The Hall–Kier alpha value is -0.780. The van der Waals surface area contributed by atoms with Gasteiger partial charge in [-0.2, -0.15) is 0 Å². The number of rotatable bonds is 1. The van der Waals surface area contributed by atoms with Gasteiger partial charge in [0.15, 0.2) is 5.11 Å². The van der Waals surface area contributed by atoms with Crippen LogP contribution in [-0.4, -0.2) is 32.6 Å². The van der Waals surface area contributed by atoms with E-state index in [2.05, 4.69) is 4.90 Å². The van der Waals surface area contributed by atoms with Gasteiger partial charge in [-0.1, -0.05) is 30.9 Å². The van der Waals surface area contributed by atoms with Crippen LogP contribution in [0.3, 0.4) is 0 Å². The summed E-state index contributed by atoms with van der Waals surface area (Å²) in [6, 6.07) is 7.26. The molecular weight excluding hydrogens is 336 g/mol. The molecule has 1 aliphatic carbocycles. The summed E-state index contributed by atoms with van der Waals surface area (Å²) in [5, 5.41) is 1.34. The van der Waals surface area contributed by atoms with Crippen molar-refractivity contribution in [3.63, 3.8) is 0 Å². The van der Waals surface area contributed by atoms with Gasteiger partial charge in [-0.3, -0.25) is 9.69 Å². The second kappa shape index (κ2) is 5.39. The van der Waals surface area contributed by atoms with Gasteiger partial charge in [-0.25, -0.2) is 0 Å². The van der Waals surface area contributed by atoms with Crippen molar-refractivity contribution in [2.75, 3.05) is 10.7 Å². The Morgan fingerprint density at radius 3 is 2.55 bits per heavy atom. The number of thiocarbonyl (C=S) groups is 1. The van der Waals surface area contributed by atoms with Gasteiger partial charge in [-0.15, -0.1) is 11.8 Å². The van der Waals surface area contributed by atoms with Crippen LogP contribution >= 0.6 is 35.6 Å². The molecule has 22 heavy (non-hydrogen) atoms. The summed E-state index contributed by atoms with van der Waals surface area (Å²) in [7, 11) is 0. The second-order valence-corrected chi connectivity index (χ2v) is 8.32. The molecule has 1 aromatic carbocycles. The number of amides is 1. The maximum absolute atomic E-state index is 12.9. The van der Waals surface area contributed by atoms with Gasteiger partial charge in [0.2, 0.25) is 0 Å². The number of fused-ring (bicyclic) bond motifs is 2. The zero-order chi connectivity index (χ0) is 15.3. The monoisotopic (exact) mass is 352 g/mol. The maximum atomic E-state index is 12.9. The summed E-state index contributed by atoms with van der Waals surface area (Å²) in [6.45, 7) is 0. The minimum Gasteiger partial charge on any atom is -0.321 e. The van der Waals surface area contributed by atoms with E-state index in [1.54, 1.807) is 17.0 Å². The summed E-state index contributed by atoms with van der Waals surface area (Å²) < 4.78 is 0. The van der Waals surface area contributed by atoms with Crippen molar-refractivity contribution < 1.29 is 4.79 Å². The molecule has 0 N–H and O–H groups in total. The average Bonchev–Trinajstić information content (AvgIpc) is 3.00. The third-order valence-electron chi connectivity index (χ3n) is 4.88. The Labute approximate surface area is 145 Å². The average molecular weight is 353 g/mol. The first kappa shape index (κ1) is 14.8. The molecule has 1 amide bonds. The fourth-order valence-electron chi connectivity index (χ4n) is 3.82.